The summed E-state index contributed by atoms with van der Waals surface area (Å²) >= 11 is 0. The first-order valence-electron chi connectivity index (χ1n) is 26.4. The second-order valence-electron chi connectivity index (χ2n) is 23.2. The third-order valence-electron chi connectivity index (χ3n) is 16.3. The monoisotopic (exact) mass is 891 g/mol. The van der Waals surface area contributed by atoms with Crippen LogP contribution < -0.4 is 9.47 Å². The molecule has 0 fully saturated rings. The van der Waals surface area contributed by atoms with Crippen LogP contribution in [-0.2, 0) is 22.6 Å². The van der Waals surface area contributed by atoms with Gasteiger partial charge in [0, 0.05) is 24.0 Å². The fourth-order valence-electron chi connectivity index (χ4n) is 10.9. The highest BCUT2D eigenvalue weighted by atomic mass is 17.2. The van der Waals surface area contributed by atoms with Gasteiger partial charge in [0.15, 0.2) is 0 Å². The van der Waals surface area contributed by atoms with Crippen molar-refractivity contribution in [3.63, 3.8) is 0 Å². The standard InChI is InChI=1S/C58H98O6/c1-37(2)23-17-25-39(5)27-19-29-41(7)31-21-33-57(15)51(35-49-47(13)53(59)43(9)45(11)55(49)61-57)63-64-52-36-50-48(14)54(60)44(10)46(12)56(50)62-58(52,16)34-22-32-42(8)30-20-28-40(6)26-18-24-38(3)4/h37-42,51-52,59-60H,17-36H2,1-16H3/t39-,40-,41+,42+,51?,52?,57-,58-/m0/s1. The van der Waals surface area contributed by atoms with Gasteiger partial charge in [0.2, 0.25) is 0 Å². The Hall–Kier alpha value is -2.44. The van der Waals surface area contributed by atoms with E-state index < -0.39 is 23.4 Å². The minimum Gasteiger partial charge on any atom is -0.507 e. The maximum atomic E-state index is 11.2. The van der Waals surface area contributed by atoms with Crippen molar-refractivity contribution in [3.05, 3.63) is 44.5 Å². The fourth-order valence-corrected chi connectivity index (χ4v) is 10.9. The summed E-state index contributed by atoms with van der Waals surface area (Å²) < 4.78 is 14.3. The molecule has 0 saturated heterocycles. The minimum absolute atomic E-state index is 0.336. The van der Waals surface area contributed by atoms with Crippen molar-refractivity contribution in [1.82, 2.24) is 0 Å². The number of phenols is 2. The Bertz CT molecular complexity index is 1630. The van der Waals surface area contributed by atoms with Crippen molar-refractivity contribution in [1.29, 1.82) is 0 Å². The lowest BCUT2D eigenvalue weighted by Gasteiger charge is -2.46. The van der Waals surface area contributed by atoms with Gasteiger partial charge in [-0.3, -0.25) is 0 Å². The summed E-state index contributed by atoms with van der Waals surface area (Å²) in [4.78, 5) is 13.6. The van der Waals surface area contributed by atoms with E-state index in [9.17, 15) is 10.2 Å². The summed E-state index contributed by atoms with van der Waals surface area (Å²) in [6.07, 6.45) is 22.3. The van der Waals surface area contributed by atoms with Gasteiger partial charge in [-0.25, -0.2) is 9.78 Å². The summed E-state index contributed by atoms with van der Waals surface area (Å²) in [5.74, 6) is 6.95. The van der Waals surface area contributed by atoms with Crippen LogP contribution >= 0.6 is 0 Å². The molecule has 2 aliphatic heterocycles. The zero-order valence-electron chi connectivity index (χ0n) is 44.3. The molecule has 6 nitrogen and oxygen atoms in total. The molecule has 2 aromatic rings. The van der Waals surface area contributed by atoms with E-state index in [1.165, 1.54) is 77.0 Å². The van der Waals surface area contributed by atoms with Crippen LogP contribution in [-0.4, -0.2) is 33.6 Å². The Labute approximate surface area is 393 Å². The van der Waals surface area contributed by atoms with Gasteiger partial charge in [-0.2, -0.15) is 0 Å². The summed E-state index contributed by atoms with van der Waals surface area (Å²) in [5, 5.41) is 22.4. The molecule has 0 amide bonds. The number of rotatable bonds is 27. The van der Waals surface area contributed by atoms with Gasteiger partial charge in [0.05, 0.1) is 0 Å². The predicted molar refractivity (Wildman–Crippen MR) is 269 cm³/mol. The van der Waals surface area contributed by atoms with E-state index in [2.05, 4.69) is 83.1 Å². The smallest absolute Gasteiger partial charge is 0.136 e. The first-order chi connectivity index (χ1) is 30.1. The second kappa shape index (κ2) is 24.5. The number of phenolic OH excluding ortho intramolecular Hbond substituents is 2. The molecule has 4 rings (SSSR count). The van der Waals surface area contributed by atoms with Crippen molar-refractivity contribution in [2.75, 3.05) is 0 Å². The van der Waals surface area contributed by atoms with Gasteiger partial charge in [-0.15, -0.1) is 0 Å². The van der Waals surface area contributed by atoms with Gasteiger partial charge in [0.25, 0.3) is 0 Å². The maximum Gasteiger partial charge on any atom is 0.136 e. The molecule has 0 bridgehead atoms. The summed E-state index contributed by atoms with van der Waals surface area (Å²) in [5.41, 5.74) is 6.19. The number of fused-ring (bicyclic) bond motifs is 2. The van der Waals surface area contributed by atoms with E-state index in [-0.39, 0.29) is 0 Å². The highest BCUT2D eigenvalue weighted by Gasteiger charge is 2.48. The number of benzene rings is 2. The molecule has 0 aromatic heterocycles. The van der Waals surface area contributed by atoms with Crippen LogP contribution in [0.15, 0.2) is 0 Å². The van der Waals surface area contributed by atoms with E-state index in [4.69, 9.17) is 19.2 Å². The molecule has 0 spiro atoms. The largest absolute Gasteiger partial charge is 0.507 e. The van der Waals surface area contributed by atoms with E-state index in [1.54, 1.807) is 0 Å². The van der Waals surface area contributed by atoms with Crippen molar-refractivity contribution < 1.29 is 29.5 Å². The quantitative estimate of drug-likeness (QED) is 0.0687. The third-order valence-corrected chi connectivity index (χ3v) is 16.3. The molecular formula is C58H98O6. The topological polar surface area (TPSA) is 77.4 Å². The van der Waals surface area contributed by atoms with E-state index in [0.717, 1.165) is 118 Å². The zero-order chi connectivity index (χ0) is 47.5. The molecule has 0 saturated carbocycles. The first-order valence-corrected chi connectivity index (χ1v) is 26.4. The number of ether oxygens (including phenoxy) is 2. The molecule has 64 heavy (non-hydrogen) atoms. The van der Waals surface area contributed by atoms with E-state index >= 15 is 0 Å². The van der Waals surface area contributed by atoms with Gasteiger partial charge < -0.3 is 19.7 Å². The Morgan fingerprint density at radius 2 is 0.719 bits per heavy atom. The van der Waals surface area contributed by atoms with Crippen molar-refractivity contribution in [3.8, 4) is 23.0 Å². The molecule has 6 heteroatoms. The fraction of sp³-hybridized carbons (Fsp3) is 0.793. The van der Waals surface area contributed by atoms with Gasteiger partial charge >= 0.3 is 0 Å². The average molecular weight is 891 g/mol. The van der Waals surface area contributed by atoms with Crippen molar-refractivity contribution in [2.45, 2.75) is 263 Å². The SMILES string of the molecule is Cc1c(C)c2c(c(C)c1O)CC(OOC1Cc3c(C)c(O)c(C)c(C)c3O[C@@]1(C)CCC[C@H](C)CCC[C@@H](C)CCCC(C)C)[C@](C)(CCC[C@H](C)CCC[C@@H](C)CCCC(C)C)O2. The van der Waals surface area contributed by atoms with Crippen LogP contribution in [0.3, 0.4) is 0 Å². The van der Waals surface area contributed by atoms with Crippen LogP contribution in [0.1, 0.15) is 229 Å². The Kier molecular flexibility index (Phi) is 20.8. The second-order valence-corrected chi connectivity index (χ2v) is 23.2. The molecule has 366 valence electrons. The highest BCUT2D eigenvalue weighted by Crippen LogP contribution is 2.48. The number of hydrogen-bond acceptors (Lipinski definition) is 6. The minimum atomic E-state index is -0.634. The molecular weight excluding hydrogens is 793 g/mol. The number of aromatic hydroxyl groups is 2. The van der Waals surface area contributed by atoms with E-state index in [0.29, 0.717) is 36.2 Å². The Morgan fingerprint density at radius 3 is 1.02 bits per heavy atom. The lowest BCUT2D eigenvalue weighted by atomic mass is 9.81. The molecule has 0 aliphatic carbocycles. The lowest BCUT2D eigenvalue weighted by Crippen LogP contribution is -2.54. The predicted octanol–water partition coefficient (Wildman–Crippen LogP) is 16.6. The normalized spacial score (nSPS) is 22.8. The molecule has 2 heterocycles. The van der Waals surface area contributed by atoms with E-state index in [1.807, 2.05) is 27.7 Å². The highest BCUT2D eigenvalue weighted by molar-refractivity contribution is 5.60. The number of hydrogen-bond donors (Lipinski definition) is 2. The third kappa shape index (κ3) is 14.5. The molecule has 8 atom stereocenters. The summed E-state index contributed by atoms with van der Waals surface area (Å²) in [7, 11) is 0. The van der Waals surface area contributed by atoms with Crippen molar-refractivity contribution in [2.24, 2.45) is 35.5 Å². The molecule has 2 aromatic carbocycles. The zero-order valence-corrected chi connectivity index (χ0v) is 44.3. The van der Waals surface area contributed by atoms with Gasteiger partial charge in [-0.1, -0.05) is 145 Å². The lowest BCUT2D eigenvalue weighted by molar-refractivity contribution is -0.391. The van der Waals surface area contributed by atoms with Crippen LogP contribution in [0.2, 0.25) is 0 Å². The van der Waals surface area contributed by atoms with Crippen LogP contribution in [0.4, 0.5) is 0 Å². The summed E-state index contributed by atoms with van der Waals surface area (Å²) in [6, 6.07) is 0. The molecule has 0 radical (unpaired) electrons. The van der Waals surface area contributed by atoms with Crippen LogP contribution in [0.5, 0.6) is 23.0 Å². The van der Waals surface area contributed by atoms with Crippen molar-refractivity contribution >= 4 is 0 Å². The van der Waals surface area contributed by atoms with Gasteiger partial charge in [-0.05, 0) is 150 Å². The summed E-state index contributed by atoms with van der Waals surface area (Å²) in [6.45, 7) is 35.5. The molecule has 2 unspecified atom stereocenters. The van der Waals surface area contributed by atoms with Gasteiger partial charge in [0.1, 0.15) is 46.4 Å². The van der Waals surface area contributed by atoms with Crippen LogP contribution in [0, 0.1) is 77.0 Å². The average Bonchev–Trinajstić information content (AvgIpc) is 3.22. The maximum absolute atomic E-state index is 11.2. The first kappa shape index (κ1) is 54.2. The molecule has 2 N–H and O–H groups in total. The molecule has 2 aliphatic rings. The Morgan fingerprint density at radius 1 is 0.438 bits per heavy atom. The van der Waals surface area contributed by atoms with Crippen LogP contribution in [0.25, 0.3) is 0 Å². The Balaban J connectivity index is 1.49.